The number of hydrogen-bond donors (Lipinski definition) is 0. The van der Waals surface area contributed by atoms with E-state index < -0.39 is 0 Å². The third-order valence-electron chi connectivity index (χ3n) is 4.32. The first kappa shape index (κ1) is 13.8. The molecule has 1 aliphatic heterocycles. The second-order valence-electron chi connectivity index (χ2n) is 5.82. The van der Waals surface area contributed by atoms with Crippen LogP contribution >= 0.6 is 0 Å². The number of carbonyl (C=O) groups is 1. The molecule has 0 N–H and O–H groups in total. The Bertz CT molecular complexity index is 680. The quantitative estimate of drug-likeness (QED) is 0.777. The molecule has 2 atom stereocenters. The van der Waals surface area contributed by atoms with Gasteiger partial charge in [0, 0.05) is 37.7 Å². The van der Waals surface area contributed by atoms with Crippen molar-refractivity contribution in [2.24, 2.45) is 0 Å². The summed E-state index contributed by atoms with van der Waals surface area (Å²) in [6.45, 7) is 6.13. The Balaban J connectivity index is 1.94. The van der Waals surface area contributed by atoms with Crippen molar-refractivity contribution in [1.29, 1.82) is 0 Å². The van der Waals surface area contributed by atoms with Crippen LogP contribution in [-0.2, 0) is 11.2 Å². The van der Waals surface area contributed by atoms with Gasteiger partial charge in [0.1, 0.15) is 0 Å². The second kappa shape index (κ2) is 5.32. The Labute approximate surface area is 125 Å². The minimum Gasteiger partial charge on any atom is -0.303 e. The van der Waals surface area contributed by atoms with Gasteiger partial charge in [0.25, 0.3) is 5.91 Å². The Morgan fingerprint density at radius 3 is 2.71 bits per heavy atom. The Morgan fingerprint density at radius 1 is 1.24 bits per heavy atom. The molecule has 0 bridgehead atoms. The van der Waals surface area contributed by atoms with Gasteiger partial charge in [-0.25, -0.2) is 0 Å². The van der Waals surface area contributed by atoms with Crippen LogP contribution in [0.25, 0.3) is 0 Å². The molecule has 21 heavy (non-hydrogen) atoms. The lowest BCUT2D eigenvalue weighted by molar-refractivity contribution is -0.711. The summed E-state index contributed by atoms with van der Waals surface area (Å²) < 4.78 is 2.04. The summed E-state index contributed by atoms with van der Waals surface area (Å²) in [5.41, 5.74) is 3.43. The van der Waals surface area contributed by atoms with Gasteiger partial charge in [0.05, 0.1) is 0 Å². The van der Waals surface area contributed by atoms with E-state index in [0.29, 0.717) is 0 Å². The molecule has 1 aromatic heterocycles. The summed E-state index contributed by atoms with van der Waals surface area (Å²) in [5.74, 6) is 0.159. The normalized spacial score (nSPS) is 18.4. The van der Waals surface area contributed by atoms with Crippen LogP contribution in [0.5, 0.6) is 0 Å². The highest BCUT2D eigenvalue weighted by Crippen LogP contribution is 2.32. The Hall–Kier alpha value is -2.16. The molecule has 2 aromatic rings. The van der Waals surface area contributed by atoms with E-state index >= 15 is 0 Å². The monoisotopic (exact) mass is 281 g/mol. The van der Waals surface area contributed by atoms with Crippen LogP contribution in [-0.4, -0.2) is 11.9 Å². The number of benzene rings is 1. The van der Waals surface area contributed by atoms with E-state index in [1.807, 2.05) is 65.9 Å². The van der Waals surface area contributed by atoms with Crippen molar-refractivity contribution in [3.63, 3.8) is 0 Å². The summed E-state index contributed by atoms with van der Waals surface area (Å²) >= 11 is 0. The number of carbonyl (C=O) groups excluding carboxylic acids is 1. The number of pyridine rings is 1. The van der Waals surface area contributed by atoms with Gasteiger partial charge in [-0.05, 0) is 25.0 Å². The van der Waals surface area contributed by atoms with Crippen LogP contribution in [0.15, 0.2) is 48.7 Å². The average molecular weight is 281 g/mol. The van der Waals surface area contributed by atoms with Crippen molar-refractivity contribution in [2.45, 2.75) is 39.3 Å². The Kier molecular flexibility index (Phi) is 3.50. The highest BCUT2D eigenvalue weighted by molar-refractivity contribution is 5.97. The van der Waals surface area contributed by atoms with Crippen molar-refractivity contribution < 1.29 is 9.36 Å². The number of fused-ring (bicyclic) bond motifs is 1. The average Bonchev–Trinajstić information content (AvgIpc) is 2.82. The van der Waals surface area contributed by atoms with Crippen LogP contribution < -0.4 is 9.47 Å². The molecule has 3 heteroatoms. The predicted molar refractivity (Wildman–Crippen MR) is 83.2 cm³/mol. The molecular weight excluding hydrogens is 260 g/mol. The number of amides is 1. The maximum Gasteiger partial charge on any atom is 0.296 e. The third-order valence-corrected chi connectivity index (χ3v) is 4.32. The van der Waals surface area contributed by atoms with E-state index in [1.165, 1.54) is 5.56 Å². The van der Waals surface area contributed by atoms with Crippen molar-refractivity contribution in [3.8, 4) is 0 Å². The maximum absolute atomic E-state index is 13.0. The number of aryl methyl sites for hydroxylation is 1. The minimum absolute atomic E-state index is 0.159. The molecule has 0 aliphatic carbocycles. The van der Waals surface area contributed by atoms with Crippen LogP contribution in [0, 0.1) is 6.92 Å². The summed E-state index contributed by atoms with van der Waals surface area (Å²) in [6, 6.07) is 14.2. The lowest BCUT2D eigenvalue weighted by Crippen LogP contribution is -2.51. The topological polar surface area (TPSA) is 24.2 Å². The molecule has 0 fully saturated rings. The number of anilines is 1. The van der Waals surface area contributed by atoms with Crippen LogP contribution in [0.4, 0.5) is 5.69 Å². The number of aromatic nitrogens is 1. The molecule has 0 radical (unpaired) electrons. The van der Waals surface area contributed by atoms with Gasteiger partial charge in [-0.3, -0.25) is 4.79 Å². The van der Waals surface area contributed by atoms with E-state index in [0.717, 1.165) is 17.8 Å². The standard InChI is InChI=1S/C18H21N2O/c1-13-8-6-7-11-19(13)15(3)18(21)20-14(2)12-16-9-4-5-10-17(16)20/h4-11,14-15H,12H2,1-3H3/q+1/t14-,15-/m0/s1. The van der Waals surface area contributed by atoms with Gasteiger partial charge in [0.15, 0.2) is 11.9 Å². The van der Waals surface area contributed by atoms with Gasteiger partial charge < -0.3 is 4.90 Å². The van der Waals surface area contributed by atoms with Crippen molar-refractivity contribution >= 4 is 11.6 Å². The molecule has 1 aromatic carbocycles. The number of rotatable bonds is 2. The molecule has 1 amide bonds. The molecule has 0 unspecified atom stereocenters. The zero-order valence-corrected chi connectivity index (χ0v) is 12.8. The molecule has 3 rings (SSSR count). The van der Waals surface area contributed by atoms with E-state index in [2.05, 4.69) is 13.0 Å². The minimum atomic E-state index is -0.195. The zero-order valence-electron chi connectivity index (χ0n) is 12.8. The van der Waals surface area contributed by atoms with Crippen LogP contribution in [0.1, 0.15) is 31.1 Å². The maximum atomic E-state index is 13.0. The molecule has 1 aliphatic rings. The Morgan fingerprint density at radius 2 is 1.95 bits per heavy atom. The lowest BCUT2D eigenvalue weighted by atomic mass is 10.1. The first-order valence-corrected chi connectivity index (χ1v) is 7.47. The van der Waals surface area contributed by atoms with Crippen molar-refractivity contribution in [1.82, 2.24) is 0 Å². The fourth-order valence-electron chi connectivity index (χ4n) is 3.20. The van der Waals surface area contributed by atoms with Gasteiger partial charge in [-0.2, -0.15) is 4.57 Å². The van der Waals surface area contributed by atoms with Gasteiger partial charge in [-0.1, -0.05) is 24.3 Å². The van der Waals surface area contributed by atoms with Crippen molar-refractivity contribution in [2.75, 3.05) is 4.90 Å². The first-order valence-electron chi connectivity index (χ1n) is 7.47. The molecule has 108 valence electrons. The number of hydrogen-bond acceptors (Lipinski definition) is 1. The first-order chi connectivity index (χ1) is 10.1. The van der Waals surface area contributed by atoms with E-state index in [4.69, 9.17) is 0 Å². The van der Waals surface area contributed by atoms with E-state index in [-0.39, 0.29) is 18.0 Å². The predicted octanol–water partition coefficient (Wildman–Crippen LogP) is 2.82. The summed E-state index contributed by atoms with van der Waals surface area (Å²) in [4.78, 5) is 14.9. The zero-order chi connectivity index (χ0) is 15.0. The molecule has 0 saturated carbocycles. The summed E-state index contributed by atoms with van der Waals surface area (Å²) in [5, 5.41) is 0. The summed E-state index contributed by atoms with van der Waals surface area (Å²) in [6.07, 6.45) is 2.91. The van der Waals surface area contributed by atoms with Crippen molar-refractivity contribution in [3.05, 3.63) is 59.9 Å². The van der Waals surface area contributed by atoms with Crippen LogP contribution in [0.2, 0.25) is 0 Å². The number of para-hydroxylation sites is 1. The fraction of sp³-hybridized carbons (Fsp3) is 0.333. The largest absolute Gasteiger partial charge is 0.303 e. The second-order valence-corrected chi connectivity index (χ2v) is 5.82. The lowest BCUT2D eigenvalue weighted by Gasteiger charge is -2.24. The number of nitrogens with zero attached hydrogens (tertiary/aromatic N) is 2. The van der Waals surface area contributed by atoms with E-state index in [9.17, 15) is 4.79 Å². The van der Waals surface area contributed by atoms with Crippen LogP contribution in [0.3, 0.4) is 0 Å². The summed E-state index contributed by atoms with van der Waals surface area (Å²) in [7, 11) is 0. The molecule has 0 saturated heterocycles. The van der Waals surface area contributed by atoms with E-state index in [1.54, 1.807) is 0 Å². The van der Waals surface area contributed by atoms with Gasteiger partial charge >= 0.3 is 0 Å². The molecule has 3 nitrogen and oxygen atoms in total. The highest BCUT2D eigenvalue weighted by atomic mass is 16.2. The van der Waals surface area contributed by atoms with Gasteiger partial charge in [0.2, 0.25) is 6.04 Å². The molecule has 2 heterocycles. The molecule has 0 spiro atoms. The SMILES string of the molecule is Cc1cccc[n+]1[C@@H](C)C(=O)N1c2ccccc2C[C@@H]1C. The third kappa shape index (κ3) is 2.33. The highest BCUT2D eigenvalue weighted by Gasteiger charge is 2.36. The van der Waals surface area contributed by atoms with Gasteiger partial charge in [-0.15, -0.1) is 0 Å². The fourth-order valence-corrected chi connectivity index (χ4v) is 3.20. The smallest absolute Gasteiger partial charge is 0.296 e. The molecular formula is C18H21N2O+.